The topological polar surface area (TPSA) is 15.3 Å². The van der Waals surface area contributed by atoms with E-state index in [1.165, 1.54) is 58.2 Å². The highest BCUT2D eigenvalue weighted by molar-refractivity contribution is 5.04. The van der Waals surface area contributed by atoms with Gasteiger partial charge in [-0.25, -0.2) is 0 Å². The van der Waals surface area contributed by atoms with E-state index in [-0.39, 0.29) is 0 Å². The van der Waals surface area contributed by atoms with Gasteiger partial charge in [0.15, 0.2) is 0 Å². The molecule has 1 N–H and O–H groups in total. The smallest absolute Gasteiger partial charge is 0.0313 e. The summed E-state index contributed by atoms with van der Waals surface area (Å²) in [6, 6.07) is 0. The monoisotopic (exact) mass is 224 g/mol. The maximum absolute atomic E-state index is 3.93. The summed E-state index contributed by atoms with van der Waals surface area (Å²) in [5.41, 5.74) is 0.756. The first-order valence-electron chi connectivity index (χ1n) is 7.07. The molecule has 0 aromatic heterocycles. The van der Waals surface area contributed by atoms with Gasteiger partial charge in [0.1, 0.15) is 0 Å². The van der Waals surface area contributed by atoms with E-state index in [0.717, 1.165) is 0 Å². The van der Waals surface area contributed by atoms with E-state index in [1.807, 2.05) is 0 Å². The molecule has 1 saturated carbocycles. The number of hydrogen-bond donors (Lipinski definition) is 1. The second-order valence-electron chi connectivity index (χ2n) is 6.56. The van der Waals surface area contributed by atoms with Crippen LogP contribution in [-0.4, -0.2) is 35.6 Å². The summed E-state index contributed by atoms with van der Waals surface area (Å²) < 4.78 is 0. The van der Waals surface area contributed by atoms with Crippen LogP contribution in [0.2, 0.25) is 0 Å². The largest absolute Gasteiger partial charge is 0.304 e. The third-order valence-electron chi connectivity index (χ3n) is 4.14. The average molecular weight is 224 g/mol. The summed E-state index contributed by atoms with van der Waals surface area (Å²) in [7, 11) is 0. The van der Waals surface area contributed by atoms with Gasteiger partial charge in [-0.05, 0) is 39.7 Å². The Morgan fingerprint density at radius 2 is 1.81 bits per heavy atom. The fourth-order valence-electron chi connectivity index (χ4n) is 3.71. The minimum absolute atomic E-state index is 0.302. The van der Waals surface area contributed by atoms with E-state index in [0.29, 0.717) is 11.1 Å². The predicted molar refractivity (Wildman–Crippen MR) is 69.8 cm³/mol. The molecule has 0 radical (unpaired) electrons. The molecular formula is C14H28N2. The van der Waals surface area contributed by atoms with Crippen LogP contribution in [0.4, 0.5) is 0 Å². The maximum atomic E-state index is 3.93. The van der Waals surface area contributed by atoms with Crippen molar-refractivity contribution in [1.82, 2.24) is 10.2 Å². The van der Waals surface area contributed by atoms with Crippen molar-refractivity contribution in [3.05, 3.63) is 0 Å². The number of hydrogen-bond acceptors (Lipinski definition) is 2. The molecular weight excluding hydrogens is 196 g/mol. The number of rotatable bonds is 3. The van der Waals surface area contributed by atoms with E-state index in [1.54, 1.807) is 0 Å². The van der Waals surface area contributed by atoms with Crippen molar-refractivity contribution in [3.8, 4) is 0 Å². The molecule has 0 unspecified atom stereocenters. The molecule has 0 bridgehead atoms. The summed E-state index contributed by atoms with van der Waals surface area (Å²) in [6.45, 7) is 10.8. The number of nitrogens with zero attached hydrogens (tertiary/aromatic N) is 1. The molecule has 0 amide bonds. The molecule has 0 atom stereocenters. The molecule has 2 aliphatic rings. The molecule has 16 heavy (non-hydrogen) atoms. The molecule has 0 aromatic rings. The lowest BCUT2D eigenvalue weighted by atomic mass is 9.87. The normalized spacial score (nSPS) is 28.7. The van der Waals surface area contributed by atoms with E-state index in [2.05, 4.69) is 31.0 Å². The van der Waals surface area contributed by atoms with Gasteiger partial charge < -0.3 is 5.32 Å². The Balaban J connectivity index is 2.00. The van der Waals surface area contributed by atoms with Crippen molar-refractivity contribution in [2.75, 3.05) is 19.6 Å². The van der Waals surface area contributed by atoms with E-state index in [9.17, 15) is 0 Å². The minimum atomic E-state index is 0.302. The summed E-state index contributed by atoms with van der Waals surface area (Å²) >= 11 is 0. The zero-order valence-corrected chi connectivity index (χ0v) is 11.3. The predicted octanol–water partition coefficient (Wildman–Crippen LogP) is 2.78. The fourth-order valence-corrected chi connectivity index (χ4v) is 3.71. The number of nitrogens with one attached hydrogen (secondary N) is 1. The van der Waals surface area contributed by atoms with Gasteiger partial charge in [-0.1, -0.05) is 26.2 Å². The first-order chi connectivity index (χ1) is 7.55. The Bertz CT molecular complexity index is 229. The van der Waals surface area contributed by atoms with Gasteiger partial charge in [0.2, 0.25) is 0 Å². The van der Waals surface area contributed by atoms with Crippen molar-refractivity contribution < 1.29 is 0 Å². The van der Waals surface area contributed by atoms with Gasteiger partial charge in [0.05, 0.1) is 0 Å². The molecule has 94 valence electrons. The lowest BCUT2D eigenvalue weighted by molar-refractivity contribution is 0.0615. The van der Waals surface area contributed by atoms with Crippen molar-refractivity contribution in [3.63, 3.8) is 0 Å². The second kappa shape index (κ2) is 4.66. The van der Waals surface area contributed by atoms with Crippen LogP contribution in [0.3, 0.4) is 0 Å². The van der Waals surface area contributed by atoms with Gasteiger partial charge in [-0.3, -0.25) is 4.90 Å². The van der Waals surface area contributed by atoms with Gasteiger partial charge in [0, 0.05) is 24.2 Å². The summed E-state index contributed by atoms with van der Waals surface area (Å²) in [5.74, 6) is 0. The third-order valence-corrected chi connectivity index (χ3v) is 4.14. The first-order valence-corrected chi connectivity index (χ1v) is 7.07. The number of unbranched alkanes of at least 4 members (excludes halogenated alkanes) is 1. The Kier molecular flexibility index (Phi) is 3.60. The maximum Gasteiger partial charge on any atom is 0.0313 e. The first kappa shape index (κ1) is 12.4. The zero-order chi connectivity index (χ0) is 11.6. The highest BCUT2D eigenvalue weighted by atomic mass is 15.3. The van der Waals surface area contributed by atoms with Crippen LogP contribution in [0.15, 0.2) is 0 Å². The van der Waals surface area contributed by atoms with Gasteiger partial charge in [-0.2, -0.15) is 0 Å². The minimum Gasteiger partial charge on any atom is -0.304 e. The molecule has 2 nitrogen and oxygen atoms in total. The van der Waals surface area contributed by atoms with Crippen LogP contribution in [0.1, 0.15) is 59.3 Å². The zero-order valence-electron chi connectivity index (χ0n) is 11.3. The quantitative estimate of drug-likeness (QED) is 0.793. The molecule has 1 spiro atoms. The molecule has 1 saturated heterocycles. The standard InChI is InChI=1S/C14H28N2/c1-4-5-10-16-11-13(2,3)15-14(12-16)8-6-7-9-14/h15H,4-12H2,1-3H3. The Morgan fingerprint density at radius 1 is 1.12 bits per heavy atom. The molecule has 2 heteroatoms. The van der Waals surface area contributed by atoms with E-state index >= 15 is 0 Å². The SMILES string of the molecule is CCCCN1CC(C)(C)NC2(CCCC2)C1. The Labute approximate surface area is 101 Å². The molecule has 1 heterocycles. The lowest BCUT2D eigenvalue weighted by Gasteiger charge is -2.50. The molecule has 2 fully saturated rings. The van der Waals surface area contributed by atoms with Crippen LogP contribution in [0, 0.1) is 0 Å². The van der Waals surface area contributed by atoms with Crippen LogP contribution < -0.4 is 5.32 Å². The average Bonchev–Trinajstić information content (AvgIpc) is 2.60. The van der Waals surface area contributed by atoms with Gasteiger partial charge in [-0.15, -0.1) is 0 Å². The molecule has 2 rings (SSSR count). The van der Waals surface area contributed by atoms with E-state index in [4.69, 9.17) is 0 Å². The van der Waals surface area contributed by atoms with Crippen molar-refractivity contribution in [2.24, 2.45) is 0 Å². The van der Waals surface area contributed by atoms with Crippen LogP contribution in [0.5, 0.6) is 0 Å². The Hall–Kier alpha value is -0.0800. The van der Waals surface area contributed by atoms with Crippen LogP contribution in [0.25, 0.3) is 0 Å². The summed E-state index contributed by atoms with van der Waals surface area (Å²) in [4.78, 5) is 2.70. The highest BCUT2D eigenvalue weighted by Gasteiger charge is 2.43. The number of piperazine rings is 1. The molecule has 1 aliphatic heterocycles. The van der Waals surface area contributed by atoms with Gasteiger partial charge in [0.25, 0.3) is 0 Å². The second-order valence-corrected chi connectivity index (χ2v) is 6.56. The summed E-state index contributed by atoms with van der Waals surface area (Å²) in [6.07, 6.45) is 8.29. The fraction of sp³-hybridized carbons (Fsp3) is 1.00. The third kappa shape index (κ3) is 2.78. The highest BCUT2D eigenvalue weighted by Crippen LogP contribution is 2.35. The Morgan fingerprint density at radius 3 is 2.44 bits per heavy atom. The van der Waals surface area contributed by atoms with Crippen molar-refractivity contribution in [2.45, 2.75) is 70.4 Å². The molecule has 0 aromatic carbocycles. The molecule has 1 aliphatic carbocycles. The van der Waals surface area contributed by atoms with Gasteiger partial charge >= 0.3 is 0 Å². The van der Waals surface area contributed by atoms with Crippen LogP contribution in [-0.2, 0) is 0 Å². The lowest BCUT2D eigenvalue weighted by Crippen LogP contribution is -2.68. The van der Waals surface area contributed by atoms with Crippen molar-refractivity contribution in [1.29, 1.82) is 0 Å². The van der Waals surface area contributed by atoms with E-state index < -0.39 is 0 Å². The van der Waals surface area contributed by atoms with Crippen LogP contribution >= 0.6 is 0 Å². The van der Waals surface area contributed by atoms with Crippen molar-refractivity contribution >= 4 is 0 Å². The summed E-state index contributed by atoms with van der Waals surface area (Å²) in [5, 5.41) is 3.93.